The first kappa shape index (κ1) is 24.7. The number of benzene rings is 3. The molecule has 9 heteroatoms. The molecule has 0 N–H and O–H groups in total. The Kier molecular flexibility index (Phi) is 6.50. The Morgan fingerprint density at radius 2 is 1.85 bits per heavy atom. The summed E-state index contributed by atoms with van der Waals surface area (Å²) in [6.45, 7) is 2.11. The van der Waals surface area contributed by atoms with Crippen molar-refractivity contribution in [3.05, 3.63) is 115 Å². The van der Waals surface area contributed by atoms with Crippen LogP contribution in [0.15, 0.2) is 88.2 Å². The van der Waals surface area contributed by atoms with Crippen LogP contribution in [0.5, 0.6) is 17.2 Å². The van der Waals surface area contributed by atoms with Crippen LogP contribution in [0.4, 0.5) is 0 Å². The zero-order chi connectivity index (χ0) is 26.9. The van der Waals surface area contributed by atoms with E-state index in [2.05, 4.69) is 0 Å². The number of esters is 1. The molecular weight excluding hydrogens is 516 g/mol. The first-order valence-electron chi connectivity index (χ1n) is 12.4. The molecule has 8 nitrogen and oxygen atoms in total. The largest absolute Gasteiger partial charge is 0.497 e. The molecule has 0 bridgehead atoms. The number of thiazole rings is 1. The number of rotatable bonds is 6. The van der Waals surface area contributed by atoms with Gasteiger partial charge in [0, 0.05) is 5.56 Å². The van der Waals surface area contributed by atoms with Crippen LogP contribution >= 0.6 is 11.3 Å². The van der Waals surface area contributed by atoms with Gasteiger partial charge < -0.3 is 18.9 Å². The van der Waals surface area contributed by atoms with Crippen molar-refractivity contribution >= 4 is 29.1 Å². The summed E-state index contributed by atoms with van der Waals surface area (Å²) in [5, 5.41) is 0. The van der Waals surface area contributed by atoms with E-state index in [9.17, 15) is 9.59 Å². The molecule has 0 radical (unpaired) electrons. The van der Waals surface area contributed by atoms with E-state index in [-0.39, 0.29) is 19.0 Å². The van der Waals surface area contributed by atoms with E-state index in [4.69, 9.17) is 23.9 Å². The number of ether oxygens (including phenoxy) is 4. The van der Waals surface area contributed by atoms with Crippen molar-refractivity contribution in [2.24, 2.45) is 4.99 Å². The summed E-state index contributed by atoms with van der Waals surface area (Å²) < 4.78 is 23.8. The van der Waals surface area contributed by atoms with Gasteiger partial charge in [0.1, 0.15) is 5.75 Å². The summed E-state index contributed by atoms with van der Waals surface area (Å²) in [4.78, 5) is 32.8. The number of hydrogen-bond acceptors (Lipinski definition) is 8. The predicted molar refractivity (Wildman–Crippen MR) is 147 cm³/mol. The Bertz CT molecular complexity index is 1770. The Labute approximate surface area is 227 Å². The average Bonchev–Trinajstić information content (AvgIpc) is 3.56. The molecule has 0 spiro atoms. The highest BCUT2D eigenvalue weighted by Gasteiger charge is 2.35. The molecule has 0 unspecified atom stereocenters. The maximum Gasteiger partial charge on any atom is 0.338 e. The van der Waals surface area contributed by atoms with E-state index in [0.717, 1.165) is 16.7 Å². The van der Waals surface area contributed by atoms with Crippen LogP contribution in [0.3, 0.4) is 0 Å². The number of fused-ring (bicyclic) bond motifs is 2. The lowest BCUT2D eigenvalue weighted by Gasteiger charge is -2.26. The molecule has 196 valence electrons. The molecule has 3 heterocycles. The molecule has 0 fully saturated rings. The van der Waals surface area contributed by atoms with Gasteiger partial charge in [0.2, 0.25) is 6.79 Å². The van der Waals surface area contributed by atoms with Crippen LogP contribution in [-0.4, -0.2) is 31.0 Å². The van der Waals surface area contributed by atoms with Crippen molar-refractivity contribution in [1.82, 2.24) is 4.57 Å². The van der Waals surface area contributed by atoms with Crippen molar-refractivity contribution in [1.29, 1.82) is 0 Å². The van der Waals surface area contributed by atoms with Crippen molar-refractivity contribution < 1.29 is 23.7 Å². The smallest absolute Gasteiger partial charge is 0.338 e. The highest BCUT2D eigenvalue weighted by atomic mass is 32.1. The molecule has 3 aromatic carbocycles. The van der Waals surface area contributed by atoms with Gasteiger partial charge in [0.25, 0.3) is 5.56 Å². The lowest BCUT2D eigenvalue weighted by Crippen LogP contribution is -2.40. The molecule has 4 aromatic rings. The van der Waals surface area contributed by atoms with Crippen LogP contribution in [0, 0.1) is 0 Å². The zero-order valence-corrected chi connectivity index (χ0v) is 22.1. The van der Waals surface area contributed by atoms with E-state index >= 15 is 0 Å². The quantitative estimate of drug-likeness (QED) is 0.347. The lowest BCUT2D eigenvalue weighted by molar-refractivity contribution is -0.138. The van der Waals surface area contributed by atoms with E-state index in [0.29, 0.717) is 37.9 Å². The van der Waals surface area contributed by atoms with E-state index in [1.54, 1.807) is 24.7 Å². The maximum absolute atomic E-state index is 14.0. The van der Waals surface area contributed by atoms with Gasteiger partial charge in [0.15, 0.2) is 16.3 Å². The number of methoxy groups -OCH3 is 1. The summed E-state index contributed by atoms with van der Waals surface area (Å²) in [6, 6.07) is 21.6. The molecule has 2 aliphatic rings. The number of aromatic nitrogens is 1. The lowest BCUT2D eigenvalue weighted by atomic mass is 9.93. The first-order valence-corrected chi connectivity index (χ1v) is 13.2. The summed E-state index contributed by atoms with van der Waals surface area (Å²) in [5.41, 5.74) is 2.80. The minimum atomic E-state index is -0.750. The van der Waals surface area contributed by atoms with Crippen LogP contribution in [0.25, 0.3) is 11.8 Å². The van der Waals surface area contributed by atoms with E-state index < -0.39 is 12.0 Å². The molecule has 6 rings (SSSR count). The topological polar surface area (TPSA) is 88.4 Å². The van der Waals surface area contributed by atoms with Crippen molar-refractivity contribution in [2.75, 3.05) is 20.5 Å². The summed E-state index contributed by atoms with van der Waals surface area (Å²) in [5.74, 6) is 1.44. The van der Waals surface area contributed by atoms with E-state index in [1.165, 1.54) is 11.3 Å². The minimum absolute atomic E-state index is 0.168. The maximum atomic E-state index is 14.0. The average molecular weight is 541 g/mol. The molecule has 0 aliphatic carbocycles. The molecular formula is C30H24N2O6S. The van der Waals surface area contributed by atoms with Gasteiger partial charge in [-0.3, -0.25) is 9.36 Å². The van der Waals surface area contributed by atoms with Gasteiger partial charge in [-0.25, -0.2) is 9.79 Å². The molecule has 1 aromatic heterocycles. The van der Waals surface area contributed by atoms with Gasteiger partial charge >= 0.3 is 5.97 Å². The monoisotopic (exact) mass is 540 g/mol. The SMILES string of the molecule is CCOC(=O)C1=C(c2ccccc2)N=c2s/c(=C\c3ccc4c(c3)OCO4)c(=O)n2[C@@H]1c1ccc(OC)cc1. The van der Waals surface area contributed by atoms with Crippen LogP contribution in [0.1, 0.15) is 29.7 Å². The minimum Gasteiger partial charge on any atom is -0.497 e. The number of carbonyl (C=O) groups is 1. The molecule has 0 saturated carbocycles. The summed E-state index contributed by atoms with van der Waals surface area (Å²) in [7, 11) is 1.59. The molecule has 39 heavy (non-hydrogen) atoms. The fraction of sp³-hybridized carbons (Fsp3) is 0.167. The highest BCUT2D eigenvalue weighted by molar-refractivity contribution is 7.07. The van der Waals surface area contributed by atoms with Gasteiger partial charge in [0.05, 0.1) is 35.6 Å². The second-order valence-electron chi connectivity index (χ2n) is 8.82. The number of hydrogen-bond donors (Lipinski definition) is 0. The third-order valence-electron chi connectivity index (χ3n) is 6.50. The third kappa shape index (κ3) is 4.51. The fourth-order valence-electron chi connectivity index (χ4n) is 4.70. The normalized spacial score (nSPS) is 16.1. The van der Waals surface area contributed by atoms with Crippen molar-refractivity contribution in [3.8, 4) is 17.2 Å². The molecule has 2 aliphatic heterocycles. The van der Waals surface area contributed by atoms with Crippen molar-refractivity contribution in [3.63, 3.8) is 0 Å². The zero-order valence-electron chi connectivity index (χ0n) is 21.2. The fourth-order valence-corrected chi connectivity index (χ4v) is 5.70. The van der Waals surface area contributed by atoms with E-state index in [1.807, 2.05) is 72.8 Å². The van der Waals surface area contributed by atoms with Gasteiger partial charge in [-0.1, -0.05) is 59.9 Å². The number of nitrogens with zero attached hydrogens (tertiary/aromatic N) is 2. The Hall–Kier alpha value is -4.63. The Morgan fingerprint density at radius 1 is 1.08 bits per heavy atom. The third-order valence-corrected chi connectivity index (χ3v) is 7.48. The van der Waals surface area contributed by atoms with Crippen LogP contribution < -0.4 is 29.1 Å². The predicted octanol–water partition coefficient (Wildman–Crippen LogP) is 3.67. The summed E-state index contributed by atoms with van der Waals surface area (Å²) in [6.07, 6.45) is 1.80. The number of carbonyl (C=O) groups excluding carboxylic acids is 1. The molecule has 0 saturated heterocycles. The summed E-state index contributed by atoms with van der Waals surface area (Å²) >= 11 is 1.27. The Morgan fingerprint density at radius 3 is 2.59 bits per heavy atom. The van der Waals surface area contributed by atoms with Gasteiger partial charge in [-0.2, -0.15) is 0 Å². The standard InChI is InChI=1S/C30H24N2O6S/c1-3-36-29(34)25-26(19-7-5-4-6-8-19)31-30-32(27(25)20-10-12-21(35-2)13-11-20)28(33)24(39-30)16-18-9-14-22-23(15-18)38-17-37-22/h4-16,27H,3,17H2,1-2H3/b24-16-/t27-/m1/s1. The highest BCUT2D eigenvalue weighted by Crippen LogP contribution is 2.36. The van der Waals surface area contributed by atoms with Gasteiger partial charge in [-0.05, 0) is 48.4 Å². The van der Waals surface area contributed by atoms with Crippen molar-refractivity contribution in [2.45, 2.75) is 13.0 Å². The second-order valence-corrected chi connectivity index (χ2v) is 9.83. The second kappa shape index (κ2) is 10.3. The van der Waals surface area contributed by atoms with Crippen LogP contribution in [0.2, 0.25) is 0 Å². The van der Waals surface area contributed by atoms with Crippen LogP contribution in [-0.2, 0) is 9.53 Å². The van der Waals surface area contributed by atoms with Gasteiger partial charge in [-0.15, -0.1) is 0 Å². The first-order chi connectivity index (χ1) is 19.1. The Balaban J connectivity index is 1.61. The molecule has 1 atom stereocenters. The molecule has 0 amide bonds.